The fraction of sp³-hybridized carbons (Fsp3) is 0.467. The number of nitrogens with zero attached hydrogens (tertiary/aromatic N) is 3. The summed E-state index contributed by atoms with van der Waals surface area (Å²) in [6.45, 7) is 4.05. The van der Waals surface area contributed by atoms with Gasteiger partial charge >= 0.3 is 0 Å². The molecule has 0 saturated heterocycles. The summed E-state index contributed by atoms with van der Waals surface area (Å²) in [7, 11) is 1.99. The van der Waals surface area contributed by atoms with Crippen molar-refractivity contribution < 1.29 is 0 Å². The topological polar surface area (TPSA) is 42.7 Å². The number of rotatable bonds is 7. The summed E-state index contributed by atoms with van der Waals surface area (Å²) in [5.41, 5.74) is 1.35. The van der Waals surface area contributed by atoms with Gasteiger partial charge in [-0.3, -0.25) is 4.68 Å². The van der Waals surface area contributed by atoms with Gasteiger partial charge in [-0.25, -0.2) is 4.98 Å². The van der Waals surface area contributed by atoms with Crippen LogP contribution in [0, 0.1) is 0 Å². The second kappa shape index (κ2) is 7.04. The molecule has 1 heterocycles. The van der Waals surface area contributed by atoms with Crippen molar-refractivity contribution in [3.05, 3.63) is 48.0 Å². The second-order valence-electron chi connectivity index (χ2n) is 4.77. The maximum Gasteiger partial charge on any atom is 0.138 e. The number of hydrogen-bond acceptors (Lipinski definition) is 3. The Morgan fingerprint density at radius 1 is 1.26 bits per heavy atom. The average Bonchev–Trinajstić information content (AvgIpc) is 2.87. The van der Waals surface area contributed by atoms with Gasteiger partial charge in [-0.2, -0.15) is 5.10 Å². The van der Waals surface area contributed by atoms with Crippen molar-refractivity contribution in [2.75, 3.05) is 13.6 Å². The van der Waals surface area contributed by atoms with Gasteiger partial charge in [0.15, 0.2) is 0 Å². The van der Waals surface area contributed by atoms with Gasteiger partial charge in [0.2, 0.25) is 0 Å². The summed E-state index contributed by atoms with van der Waals surface area (Å²) in [5.74, 6) is 1.51. The van der Waals surface area contributed by atoms with Crippen molar-refractivity contribution in [2.45, 2.75) is 32.2 Å². The van der Waals surface area contributed by atoms with Gasteiger partial charge in [-0.1, -0.05) is 37.3 Å². The maximum atomic E-state index is 4.41. The molecule has 0 amide bonds. The number of aromatic nitrogens is 3. The van der Waals surface area contributed by atoms with E-state index in [-0.39, 0.29) is 0 Å². The second-order valence-corrected chi connectivity index (χ2v) is 4.77. The summed E-state index contributed by atoms with van der Waals surface area (Å²) < 4.78 is 2.02. The Balaban J connectivity index is 2.14. The number of aryl methyl sites for hydroxylation is 1. The zero-order valence-corrected chi connectivity index (χ0v) is 11.7. The molecule has 4 nitrogen and oxygen atoms in total. The lowest BCUT2D eigenvalue weighted by Crippen LogP contribution is -2.21. The first kappa shape index (κ1) is 13.7. The molecule has 1 N–H and O–H groups in total. The Bertz CT molecular complexity index is 478. The normalized spacial score (nSPS) is 12.5. The first-order chi connectivity index (χ1) is 9.35. The smallest absolute Gasteiger partial charge is 0.138 e. The van der Waals surface area contributed by atoms with Crippen molar-refractivity contribution >= 4 is 0 Å². The third kappa shape index (κ3) is 3.64. The Morgan fingerprint density at radius 3 is 2.74 bits per heavy atom. The van der Waals surface area contributed by atoms with Crippen LogP contribution in [-0.2, 0) is 13.0 Å². The number of nitrogens with one attached hydrogen (secondary N) is 1. The van der Waals surface area contributed by atoms with E-state index >= 15 is 0 Å². The molecule has 1 aromatic heterocycles. The fourth-order valence-corrected chi connectivity index (χ4v) is 2.34. The molecule has 0 saturated carbocycles. The molecule has 0 spiro atoms. The molecule has 102 valence electrons. The zero-order chi connectivity index (χ0) is 13.5. The fourth-order valence-electron chi connectivity index (χ4n) is 2.34. The molecule has 0 aliphatic rings. The summed E-state index contributed by atoms with van der Waals surface area (Å²) >= 11 is 0. The van der Waals surface area contributed by atoms with E-state index in [9.17, 15) is 0 Å². The Kier molecular flexibility index (Phi) is 5.10. The van der Waals surface area contributed by atoms with Gasteiger partial charge in [0.25, 0.3) is 0 Å². The van der Waals surface area contributed by atoms with Crippen molar-refractivity contribution in [3.8, 4) is 0 Å². The third-order valence-corrected chi connectivity index (χ3v) is 3.28. The number of hydrogen-bond donors (Lipinski definition) is 1. The standard InChI is InChI=1S/C15H22N4/c1-3-9-19-15(17-12-18-19)10-14(11-16-2)13-7-5-4-6-8-13/h4-8,12,14,16H,3,9-11H2,1-2H3. The molecule has 19 heavy (non-hydrogen) atoms. The van der Waals surface area contributed by atoms with Crippen molar-refractivity contribution in [3.63, 3.8) is 0 Å². The molecule has 0 fully saturated rings. The highest BCUT2D eigenvalue weighted by Crippen LogP contribution is 2.19. The van der Waals surface area contributed by atoms with Crippen LogP contribution in [0.15, 0.2) is 36.7 Å². The zero-order valence-electron chi connectivity index (χ0n) is 11.7. The molecule has 4 heteroatoms. The van der Waals surface area contributed by atoms with Crippen LogP contribution in [0.2, 0.25) is 0 Å². The molecule has 1 aromatic carbocycles. The van der Waals surface area contributed by atoms with E-state index < -0.39 is 0 Å². The predicted octanol–water partition coefficient (Wildman–Crippen LogP) is 2.23. The minimum atomic E-state index is 0.436. The van der Waals surface area contributed by atoms with Crippen LogP contribution in [0.4, 0.5) is 0 Å². The third-order valence-electron chi connectivity index (χ3n) is 3.28. The van der Waals surface area contributed by atoms with E-state index in [0.29, 0.717) is 5.92 Å². The van der Waals surface area contributed by atoms with E-state index in [1.54, 1.807) is 6.33 Å². The Labute approximate surface area is 114 Å². The molecule has 0 bridgehead atoms. The Morgan fingerprint density at radius 2 is 2.05 bits per heavy atom. The summed E-state index contributed by atoms with van der Waals surface area (Å²) in [5, 5.41) is 7.57. The molecule has 0 radical (unpaired) electrons. The number of benzene rings is 1. The first-order valence-corrected chi connectivity index (χ1v) is 6.91. The van der Waals surface area contributed by atoms with Crippen LogP contribution in [0.1, 0.15) is 30.7 Å². The summed E-state index contributed by atoms with van der Waals surface area (Å²) in [4.78, 5) is 4.41. The lowest BCUT2D eigenvalue weighted by Gasteiger charge is -2.17. The van der Waals surface area contributed by atoms with Crippen LogP contribution < -0.4 is 5.32 Å². The van der Waals surface area contributed by atoms with E-state index in [2.05, 4.69) is 52.7 Å². The lowest BCUT2D eigenvalue weighted by atomic mass is 9.95. The predicted molar refractivity (Wildman–Crippen MR) is 77.1 cm³/mol. The lowest BCUT2D eigenvalue weighted by molar-refractivity contribution is 0.534. The number of likely N-dealkylation sites (N-methyl/N-ethyl adjacent to an activating group) is 1. The van der Waals surface area contributed by atoms with Crippen molar-refractivity contribution in [2.24, 2.45) is 0 Å². The highest BCUT2D eigenvalue weighted by atomic mass is 15.3. The van der Waals surface area contributed by atoms with E-state index in [0.717, 1.165) is 31.8 Å². The van der Waals surface area contributed by atoms with E-state index in [1.165, 1.54) is 5.56 Å². The minimum Gasteiger partial charge on any atom is -0.319 e. The molecule has 0 aliphatic carbocycles. The van der Waals surface area contributed by atoms with Gasteiger partial charge < -0.3 is 5.32 Å². The maximum absolute atomic E-state index is 4.41. The summed E-state index contributed by atoms with van der Waals surface area (Å²) in [6, 6.07) is 10.6. The van der Waals surface area contributed by atoms with E-state index in [4.69, 9.17) is 0 Å². The van der Waals surface area contributed by atoms with Gasteiger partial charge in [0, 0.05) is 25.4 Å². The average molecular weight is 258 g/mol. The molecular weight excluding hydrogens is 236 g/mol. The van der Waals surface area contributed by atoms with Gasteiger partial charge in [0.05, 0.1) is 0 Å². The van der Waals surface area contributed by atoms with Crippen LogP contribution in [0.25, 0.3) is 0 Å². The van der Waals surface area contributed by atoms with Crippen LogP contribution in [0.3, 0.4) is 0 Å². The highest BCUT2D eigenvalue weighted by Gasteiger charge is 2.15. The first-order valence-electron chi connectivity index (χ1n) is 6.91. The summed E-state index contributed by atoms with van der Waals surface area (Å²) in [6.07, 6.45) is 3.66. The van der Waals surface area contributed by atoms with Crippen LogP contribution >= 0.6 is 0 Å². The molecule has 1 atom stereocenters. The molecule has 2 aromatic rings. The van der Waals surface area contributed by atoms with Crippen molar-refractivity contribution in [1.82, 2.24) is 20.1 Å². The largest absolute Gasteiger partial charge is 0.319 e. The quantitative estimate of drug-likeness (QED) is 0.828. The highest BCUT2D eigenvalue weighted by molar-refractivity contribution is 5.21. The molecular formula is C15H22N4. The van der Waals surface area contributed by atoms with Crippen LogP contribution in [-0.4, -0.2) is 28.4 Å². The monoisotopic (exact) mass is 258 g/mol. The van der Waals surface area contributed by atoms with Crippen LogP contribution in [0.5, 0.6) is 0 Å². The van der Waals surface area contributed by atoms with Gasteiger partial charge in [-0.05, 0) is 19.0 Å². The molecule has 2 rings (SSSR count). The van der Waals surface area contributed by atoms with Crippen molar-refractivity contribution in [1.29, 1.82) is 0 Å². The van der Waals surface area contributed by atoms with Gasteiger partial charge in [0.1, 0.15) is 12.2 Å². The van der Waals surface area contributed by atoms with Gasteiger partial charge in [-0.15, -0.1) is 0 Å². The SMILES string of the molecule is CCCn1ncnc1CC(CNC)c1ccccc1. The molecule has 0 aliphatic heterocycles. The Hall–Kier alpha value is -1.68. The minimum absolute atomic E-state index is 0.436. The van der Waals surface area contributed by atoms with E-state index in [1.807, 2.05) is 11.7 Å². The molecule has 1 unspecified atom stereocenters.